The smallest absolute Gasteiger partial charge is 0.194 e. The van der Waals surface area contributed by atoms with Crippen LogP contribution < -0.4 is 10.2 Å². The van der Waals surface area contributed by atoms with Crippen molar-refractivity contribution in [3.8, 4) is 5.75 Å². The first kappa shape index (κ1) is 20.3. The zero-order valence-electron chi connectivity index (χ0n) is 15.0. The van der Waals surface area contributed by atoms with Crippen molar-refractivity contribution in [2.24, 2.45) is 4.99 Å². The quantitative estimate of drug-likeness (QED) is 0.412. The van der Waals surface area contributed by atoms with Gasteiger partial charge in [0.25, 0.3) is 0 Å². The molecule has 1 aliphatic heterocycles. The van der Waals surface area contributed by atoms with Gasteiger partial charge in [0.15, 0.2) is 5.96 Å². The van der Waals surface area contributed by atoms with Crippen molar-refractivity contribution in [3.05, 3.63) is 54.2 Å². The molecule has 0 spiro atoms. The van der Waals surface area contributed by atoms with Gasteiger partial charge in [-0.2, -0.15) is 0 Å². The lowest BCUT2D eigenvalue weighted by Gasteiger charge is -2.37. The average molecular weight is 467 g/mol. The molecule has 1 aliphatic rings. The maximum absolute atomic E-state index is 9.58. The van der Waals surface area contributed by atoms with Crippen LogP contribution in [0, 0.1) is 0 Å². The van der Waals surface area contributed by atoms with E-state index >= 15 is 0 Å². The van der Waals surface area contributed by atoms with Gasteiger partial charge in [-0.1, -0.05) is 18.2 Å². The lowest BCUT2D eigenvalue weighted by molar-refractivity contribution is 0.371. The second-order valence-electron chi connectivity index (χ2n) is 6.00. The lowest BCUT2D eigenvalue weighted by atomic mass is 10.2. The fourth-order valence-corrected chi connectivity index (χ4v) is 2.93. The number of hydrogen-bond acceptors (Lipinski definition) is 4. The molecule has 0 bridgehead atoms. The Morgan fingerprint density at radius 2 is 1.96 bits per heavy atom. The summed E-state index contributed by atoms with van der Waals surface area (Å²) in [5, 5.41) is 13.0. The van der Waals surface area contributed by atoms with Crippen molar-refractivity contribution >= 4 is 35.8 Å². The molecule has 6 nitrogen and oxygen atoms in total. The van der Waals surface area contributed by atoms with Crippen LogP contribution in [0.15, 0.2) is 53.7 Å². The number of phenols is 1. The van der Waals surface area contributed by atoms with Gasteiger partial charge >= 0.3 is 0 Å². The Hall–Kier alpha value is -2.03. The van der Waals surface area contributed by atoms with Gasteiger partial charge in [0.05, 0.1) is 6.54 Å². The first-order valence-corrected chi connectivity index (χ1v) is 8.73. The summed E-state index contributed by atoms with van der Waals surface area (Å²) in [7, 11) is 0. The second-order valence-corrected chi connectivity index (χ2v) is 6.00. The third-order valence-corrected chi connectivity index (χ3v) is 4.21. The highest BCUT2D eigenvalue weighted by molar-refractivity contribution is 14.0. The Balaban J connectivity index is 0.00000243. The van der Waals surface area contributed by atoms with Crippen molar-refractivity contribution in [2.45, 2.75) is 13.5 Å². The summed E-state index contributed by atoms with van der Waals surface area (Å²) in [6.45, 7) is 7.12. The molecular weight excluding hydrogens is 441 g/mol. The number of rotatable bonds is 4. The molecule has 7 heteroatoms. The summed E-state index contributed by atoms with van der Waals surface area (Å²) < 4.78 is 0. The van der Waals surface area contributed by atoms with Gasteiger partial charge in [-0.3, -0.25) is 0 Å². The summed E-state index contributed by atoms with van der Waals surface area (Å²) in [5.74, 6) is 2.23. The van der Waals surface area contributed by atoms with Crippen molar-refractivity contribution < 1.29 is 5.11 Å². The van der Waals surface area contributed by atoms with Crippen LogP contribution >= 0.6 is 24.0 Å². The van der Waals surface area contributed by atoms with Crippen LogP contribution in [0.1, 0.15) is 12.5 Å². The standard InChI is InChI=1S/C19H25N5O.HI/c1-2-20-19(22-15-16-6-5-7-17(25)14-16)24-12-10-23(11-13-24)18-8-3-4-9-21-18;/h3-9,14,25H,2,10-13,15H2,1H3,(H,20,22);1H. The average Bonchev–Trinajstić information content (AvgIpc) is 2.66. The lowest BCUT2D eigenvalue weighted by Crippen LogP contribution is -2.52. The summed E-state index contributed by atoms with van der Waals surface area (Å²) in [4.78, 5) is 13.7. The van der Waals surface area contributed by atoms with E-state index in [1.807, 2.05) is 30.5 Å². The molecule has 2 N–H and O–H groups in total. The molecule has 0 aliphatic carbocycles. The minimum absolute atomic E-state index is 0. The molecule has 2 heterocycles. The van der Waals surface area contributed by atoms with E-state index in [0.29, 0.717) is 6.54 Å². The van der Waals surface area contributed by atoms with Gasteiger partial charge in [0.1, 0.15) is 11.6 Å². The van der Waals surface area contributed by atoms with Gasteiger partial charge in [0, 0.05) is 38.9 Å². The molecule has 0 unspecified atom stereocenters. The largest absolute Gasteiger partial charge is 0.508 e. The van der Waals surface area contributed by atoms with Gasteiger partial charge in [-0.15, -0.1) is 24.0 Å². The zero-order valence-corrected chi connectivity index (χ0v) is 17.3. The number of halogens is 1. The fourth-order valence-electron chi connectivity index (χ4n) is 2.93. The number of aromatic nitrogens is 1. The number of piperazine rings is 1. The normalized spacial score (nSPS) is 14.7. The molecule has 2 aromatic rings. The Bertz CT molecular complexity index is 702. The molecule has 0 saturated carbocycles. The van der Waals surface area contributed by atoms with E-state index in [1.54, 1.807) is 12.1 Å². The van der Waals surface area contributed by atoms with E-state index in [4.69, 9.17) is 4.99 Å². The van der Waals surface area contributed by atoms with E-state index in [0.717, 1.165) is 50.1 Å². The van der Waals surface area contributed by atoms with Crippen molar-refractivity contribution in [1.29, 1.82) is 0 Å². The maximum Gasteiger partial charge on any atom is 0.194 e. The minimum Gasteiger partial charge on any atom is -0.508 e. The molecule has 26 heavy (non-hydrogen) atoms. The molecule has 1 saturated heterocycles. The molecular formula is C19H26IN5O. The van der Waals surface area contributed by atoms with Crippen LogP contribution in [0.25, 0.3) is 0 Å². The second kappa shape index (κ2) is 10.2. The Labute approximate surface area is 172 Å². The molecule has 1 aromatic carbocycles. The Morgan fingerprint density at radius 3 is 2.62 bits per heavy atom. The molecule has 1 fully saturated rings. The molecule has 140 valence electrons. The number of benzene rings is 1. The predicted octanol–water partition coefficient (Wildman–Crippen LogP) is 2.69. The third kappa shape index (κ3) is 5.48. The SMILES string of the molecule is CCNC(=NCc1cccc(O)c1)N1CCN(c2ccccn2)CC1.I. The van der Waals surface area contributed by atoms with Crippen LogP contribution in [0.3, 0.4) is 0 Å². The molecule has 0 atom stereocenters. The monoisotopic (exact) mass is 467 g/mol. The zero-order chi connectivity index (χ0) is 17.5. The highest BCUT2D eigenvalue weighted by atomic mass is 127. The van der Waals surface area contributed by atoms with Crippen LogP contribution in [0.2, 0.25) is 0 Å². The van der Waals surface area contributed by atoms with Gasteiger partial charge in [0.2, 0.25) is 0 Å². The summed E-state index contributed by atoms with van der Waals surface area (Å²) in [6, 6.07) is 13.3. The van der Waals surface area contributed by atoms with E-state index in [1.165, 1.54) is 0 Å². The van der Waals surface area contributed by atoms with Crippen LogP contribution in [0.4, 0.5) is 5.82 Å². The molecule has 1 aromatic heterocycles. The fraction of sp³-hybridized carbons (Fsp3) is 0.368. The topological polar surface area (TPSA) is 64.0 Å². The van der Waals surface area contributed by atoms with Gasteiger partial charge in [-0.25, -0.2) is 9.98 Å². The van der Waals surface area contributed by atoms with E-state index in [2.05, 4.69) is 33.1 Å². The molecule has 0 amide bonds. The molecule has 0 radical (unpaired) electrons. The van der Waals surface area contributed by atoms with E-state index < -0.39 is 0 Å². The summed E-state index contributed by atoms with van der Waals surface area (Å²) in [5.41, 5.74) is 1.00. The Kier molecular flexibility index (Phi) is 7.96. The summed E-state index contributed by atoms with van der Waals surface area (Å²) in [6.07, 6.45) is 1.84. The van der Waals surface area contributed by atoms with E-state index in [-0.39, 0.29) is 29.7 Å². The number of guanidine groups is 1. The first-order valence-electron chi connectivity index (χ1n) is 8.73. The third-order valence-electron chi connectivity index (χ3n) is 4.21. The Morgan fingerprint density at radius 1 is 1.15 bits per heavy atom. The highest BCUT2D eigenvalue weighted by Crippen LogP contribution is 2.14. The number of phenolic OH excluding ortho intramolecular Hbond substituents is 1. The van der Waals surface area contributed by atoms with Gasteiger partial charge < -0.3 is 20.2 Å². The number of anilines is 1. The number of aromatic hydroxyl groups is 1. The van der Waals surface area contributed by atoms with Crippen molar-refractivity contribution in [1.82, 2.24) is 15.2 Å². The minimum atomic E-state index is 0. The van der Waals surface area contributed by atoms with Gasteiger partial charge in [-0.05, 0) is 36.8 Å². The first-order chi connectivity index (χ1) is 12.3. The van der Waals surface area contributed by atoms with Crippen LogP contribution in [-0.2, 0) is 6.54 Å². The number of hydrogen-bond donors (Lipinski definition) is 2. The van der Waals surface area contributed by atoms with Crippen LogP contribution in [0.5, 0.6) is 5.75 Å². The number of nitrogens with one attached hydrogen (secondary N) is 1. The number of nitrogens with zero attached hydrogens (tertiary/aromatic N) is 4. The number of aliphatic imine (C=N–C) groups is 1. The maximum atomic E-state index is 9.58. The molecule has 3 rings (SSSR count). The van der Waals surface area contributed by atoms with Crippen molar-refractivity contribution in [3.63, 3.8) is 0 Å². The van der Waals surface area contributed by atoms with Crippen molar-refractivity contribution in [2.75, 3.05) is 37.6 Å². The predicted molar refractivity (Wildman–Crippen MR) is 116 cm³/mol. The summed E-state index contributed by atoms with van der Waals surface area (Å²) >= 11 is 0. The van der Waals surface area contributed by atoms with Crippen LogP contribution in [-0.4, -0.2) is 53.7 Å². The highest BCUT2D eigenvalue weighted by Gasteiger charge is 2.20. The number of pyridine rings is 1. The van der Waals surface area contributed by atoms with E-state index in [9.17, 15) is 5.11 Å².